The Morgan fingerprint density at radius 2 is 1.97 bits per heavy atom. The number of aromatic nitrogens is 1. The summed E-state index contributed by atoms with van der Waals surface area (Å²) in [6.45, 7) is 6.39. The molecule has 7 nitrogen and oxygen atoms in total. The van der Waals surface area contributed by atoms with Crippen molar-refractivity contribution >= 4 is 16.0 Å². The Labute approximate surface area is 186 Å². The Hall–Kier alpha value is -2.45. The molecule has 0 bridgehead atoms. The first-order valence-electron chi connectivity index (χ1n) is 11.0. The monoisotopic (exact) mass is 443 g/mol. The van der Waals surface area contributed by atoms with Crippen LogP contribution in [0.2, 0.25) is 0 Å². The van der Waals surface area contributed by atoms with Gasteiger partial charge in [0.15, 0.2) is 5.96 Å². The molecule has 1 aliphatic rings. The SMILES string of the molecule is CCCS(=O)(=O)N1CCC(NC(=NCc2cccc(-c3ccccn3)c2)NCC)CC1. The Kier molecular flexibility index (Phi) is 8.43. The first-order valence-corrected chi connectivity index (χ1v) is 12.7. The van der Waals surface area contributed by atoms with Gasteiger partial charge in [-0.15, -0.1) is 0 Å². The molecule has 2 heterocycles. The molecule has 3 rings (SSSR count). The molecule has 8 heteroatoms. The Morgan fingerprint density at radius 1 is 1.16 bits per heavy atom. The maximum atomic E-state index is 12.3. The van der Waals surface area contributed by atoms with Crippen LogP contribution in [0.1, 0.15) is 38.7 Å². The fourth-order valence-corrected chi connectivity index (χ4v) is 5.25. The molecule has 1 aromatic heterocycles. The molecule has 0 aliphatic carbocycles. The quantitative estimate of drug-likeness (QED) is 0.484. The number of rotatable bonds is 8. The topological polar surface area (TPSA) is 86.7 Å². The van der Waals surface area contributed by atoms with Gasteiger partial charge in [0.25, 0.3) is 0 Å². The number of sulfonamides is 1. The van der Waals surface area contributed by atoms with Crippen LogP contribution in [-0.4, -0.2) is 55.1 Å². The van der Waals surface area contributed by atoms with Crippen molar-refractivity contribution in [2.45, 2.75) is 45.7 Å². The van der Waals surface area contributed by atoms with E-state index in [0.717, 1.165) is 42.2 Å². The zero-order valence-corrected chi connectivity index (χ0v) is 19.2. The van der Waals surface area contributed by atoms with Gasteiger partial charge in [-0.3, -0.25) is 4.98 Å². The standard InChI is InChI=1S/C23H33N5O2S/c1-3-16-31(29,30)28-14-11-21(12-15-28)27-23(24-4-2)26-18-19-8-7-9-20(17-19)22-10-5-6-13-25-22/h5-10,13,17,21H,3-4,11-12,14-16,18H2,1-2H3,(H2,24,26,27). The average molecular weight is 444 g/mol. The number of nitrogens with one attached hydrogen (secondary N) is 2. The summed E-state index contributed by atoms with van der Waals surface area (Å²) in [6.07, 6.45) is 4.01. The molecule has 0 radical (unpaired) electrons. The van der Waals surface area contributed by atoms with Crippen LogP contribution in [0.25, 0.3) is 11.3 Å². The van der Waals surface area contributed by atoms with Crippen LogP contribution in [0.4, 0.5) is 0 Å². The van der Waals surface area contributed by atoms with E-state index in [4.69, 9.17) is 4.99 Å². The van der Waals surface area contributed by atoms with Crippen molar-refractivity contribution < 1.29 is 8.42 Å². The Morgan fingerprint density at radius 3 is 2.65 bits per heavy atom. The number of benzene rings is 1. The molecular weight excluding hydrogens is 410 g/mol. The molecule has 2 N–H and O–H groups in total. The van der Waals surface area contributed by atoms with E-state index in [1.165, 1.54) is 0 Å². The van der Waals surface area contributed by atoms with Crippen molar-refractivity contribution in [2.75, 3.05) is 25.4 Å². The first-order chi connectivity index (χ1) is 15.0. The van der Waals surface area contributed by atoms with E-state index < -0.39 is 10.0 Å². The van der Waals surface area contributed by atoms with E-state index in [1.807, 2.05) is 38.1 Å². The van der Waals surface area contributed by atoms with Crippen LogP contribution < -0.4 is 10.6 Å². The molecule has 0 spiro atoms. The molecule has 168 valence electrons. The molecule has 0 unspecified atom stereocenters. The highest BCUT2D eigenvalue weighted by Crippen LogP contribution is 2.18. The fourth-order valence-electron chi connectivity index (χ4n) is 3.71. The summed E-state index contributed by atoms with van der Waals surface area (Å²) in [5.74, 6) is 0.993. The van der Waals surface area contributed by atoms with Crippen molar-refractivity contribution in [3.8, 4) is 11.3 Å². The van der Waals surface area contributed by atoms with Crippen LogP contribution >= 0.6 is 0 Å². The minimum atomic E-state index is -3.11. The summed E-state index contributed by atoms with van der Waals surface area (Å²) in [6, 6.07) is 14.4. The van der Waals surface area contributed by atoms with Crippen LogP contribution in [0.15, 0.2) is 53.7 Å². The van der Waals surface area contributed by atoms with Crippen LogP contribution in [0.3, 0.4) is 0 Å². The minimum absolute atomic E-state index is 0.214. The number of piperidine rings is 1. The van der Waals surface area contributed by atoms with Gasteiger partial charge in [-0.05, 0) is 49.9 Å². The van der Waals surface area contributed by atoms with Crippen molar-refractivity contribution in [1.29, 1.82) is 0 Å². The second-order valence-electron chi connectivity index (χ2n) is 7.74. The molecule has 31 heavy (non-hydrogen) atoms. The summed E-state index contributed by atoms with van der Waals surface area (Å²) in [4.78, 5) is 9.17. The lowest BCUT2D eigenvalue weighted by molar-refractivity contribution is 0.306. The highest BCUT2D eigenvalue weighted by Gasteiger charge is 2.27. The zero-order chi connectivity index (χ0) is 22.1. The van der Waals surface area contributed by atoms with Gasteiger partial charge in [-0.1, -0.05) is 31.2 Å². The normalized spacial score (nSPS) is 16.3. The maximum absolute atomic E-state index is 12.3. The summed E-state index contributed by atoms with van der Waals surface area (Å²) in [7, 11) is -3.11. The average Bonchev–Trinajstić information content (AvgIpc) is 2.79. The number of hydrogen-bond donors (Lipinski definition) is 2. The third-order valence-corrected chi connectivity index (χ3v) is 7.38. The summed E-state index contributed by atoms with van der Waals surface area (Å²) in [5.41, 5.74) is 3.14. The number of nitrogens with zero attached hydrogens (tertiary/aromatic N) is 3. The second kappa shape index (κ2) is 11.2. The molecule has 1 fully saturated rings. The van der Waals surface area contributed by atoms with Crippen molar-refractivity contribution in [3.05, 3.63) is 54.2 Å². The van der Waals surface area contributed by atoms with Gasteiger partial charge in [0.2, 0.25) is 10.0 Å². The van der Waals surface area contributed by atoms with E-state index in [9.17, 15) is 8.42 Å². The molecule has 0 saturated carbocycles. The number of guanidine groups is 1. The highest BCUT2D eigenvalue weighted by molar-refractivity contribution is 7.89. The number of pyridine rings is 1. The maximum Gasteiger partial charge on any atom is 0.214 e. The van der Waals surface area contributed by atoms with Gasteiger partial charge >= 0.3 is 0 Å². The molecule has 1 aliphatic heterocycles. The van der Waals surface area contributed by atoms with Gasteiger partial charge in [-0.25, -0.2) is 17.7 Å². The van der Waals surface area contributed by atoms with Gasteiger partial charge in [0.05, 0.1) is 18.0 Å². The Balaban J connectivity index is 1.60. The van der Waals surface area contributed by atoms with Gasteiger partial charge < -0.3 is 10.6 Å². The Bertz CT molecular complexity index is 955. The summed E-state index contributed by atoms with van der Waals surface area (Å²) < 4.78 is 26.2. The van der Waals surface area contributed by atoms with Crippen molar-refractivity contribution in [3.63, 3.8) is 0 Å². The molecule has 2 aromatic rings. The van der Waals surface area contributed by atoms with E-state index in [0.29, 0.717) is 26.1 Å². The number of hydrogen-bond acceptors (Lipinski definition) is 4. The first kappa shape index (κ1) is 23.2. The third kappa shape index (κ3) is 6.77. The zero-order valence-electron chi connectivity index (χ0n) is 18.4. The predicted molar refractivity (Wildman–Crippen MR) is 126 cm³/mol. The third-order valence-electron chi connectivity index (χ3n) is 5.30. The smallest absolute Gasteiger partial charge is 0.214 e. The molecule has 0 atom stereocenters. The van der Waals surface area contributed by atoms with Gasteiger partial charge in [0.1, 0.15) is 0 Å². The van der Waals surface area contributed by atoms with E-state index in [1.54, 1.807) is 10.5 Å². The van der Waals surface area contributed by atoms with Crippen LogP contribution in [0, 0.1) is 0 Å². The molecular formula is C23H33N5O2S. The van der Waals surface area contributed by atoms with Gasteiger partial charge in [-0.2, -0.15) is 0 Å². The molecule has 0 amide bonds. The largest absolute Gasteiger partial charge is 0.357 e. The summed E-state index contributed by atoms with van der Waals surface area (Å²) >= 11 is 0. The lowest BCUT2D eigenvalue weighted by Gasteiger charge is -2.32. The number of aliphatic imine (C=N–C) groups is 1. The van der Waals surface area contributed by atoms with Gasteiger partial charge in [0, 0.05) is 37.4 Å². The van der Waals surface area contributed by atoms with E-state index in [-0.39, 0.29) is 11.8 Å². The van der Waals surface area contributed by atoms with Crippen LogP contribution in [0.5, 0.6) is 0 Å². The lowest BCUT2D eigenvalue weighted by Crippen LogP contribution is -2.50. The fraction of sp³-hybridized carbons (Fsp3) is 0.478. The van der Waals surface area contributed by atoms with E-state index >= 15 is 0 Å². The second-order valence-corrected chi connectivity index (χ2v) is 9.83. The molecule has 1 saturated heterocycles. The van der Waals surface area contributed by atoms with Crippen molar-refractivity contribution in [2.24, 2.45) is 4.99 Å². The van der Waals surface area contributed by atoms with Crippen LogP contribution in [-0.2, 0) is 16.6 Å². The lowest BCUT2D eigenvalue weighted by atomic mass is 10.1. The molecule has 1 aromatic carbocycles. The predicted octanol–water partition coefficient (Wildman–Crippen LogP) is 3.01. The van der Waals surface area contributed by atoms with Crippen molar-refractivity contribution in [1.82, 2.24) is 19.9 Å². The van der Waals surface area contributed by atoms with E-state index in [2.05, 4.69) is 33.8 Å². The summed E-state index contributed by atoms with van der Waals surface area (Å²) in [5, 5.41) is 6.79. The minimum Gasteiger partial charge on any atom is -0.357 e. The highest BCUT2D eigenvalue weighted by atomic mass is 32.2.